The van der Waals surface area contributed by atoms with E-state index in [1.807, 2.05) is 20.8 Å². The van der Waals surface area contributed by atoms with Gasteiger partial charge in [0.15, 0.2) is 5.76 Å². The zero-order valence-corrected chi connectivity index (χ0v) is 8.63. The quantitative estimate of drug-likeness (QED) is 0.540. The van der Waals surface area contributed by atoms with E-state index in [9.17, 15) is 14.7 Å². The first-order valence-electron chi connectivity index (χ1n) is 4.60. The van der Waals surface area contributed by atoms with Crippen LogP contribution in [0.15, 0.2) is 23.5 Å². The van der Waals surface area contributed by atoms with Crippen molar-refractivity contribution in [3.63, 3.8) is 0 Å². The average molecular weight is 194 g/mol. The van der Waals surface area contributed by atoms with Crippen LogP contribution in [-0.2, 0) is 9.59 Å². The summed E-state index contributed by atoms with van der Waals surface area (Å²) < 4.78 is 0. The Morgan fingerprint density at radius 1 is 1.29 bits per heavy atom. The summed E-state index contributed by atoms with van der Waals surface area (Å²) in [6, 6.07) is 0. The molecule has 3 nitrogen and oxygen atoms in total. The fraction of sp³-hybridized carbons (Fsp3) is 0.455. The van der Waals surface area contributed by atoms with Crippen LogP contribution in [0, 0.1) is 5.41 Å². The molecule has 0 unspecified atom stereocenters. The van der Waals surface area contributed by atoms with Crippen LogP contribution < -0.4 is 0 Å². The van der Waals surface area contributed by atoms with Gasteiger partial charge in [-0.3, -0.25) is 9.59 Å². The van der Waals surface area contributed by atoms with Gasteiger partial charge >= 0.3 is 0 Å². The molecule has 0 fully saturated rings. The summed E-state index contributed by atoms with van der Waals surface area (Å²) in [6.07, 6.45) is 3.53. The first kappa shape index (κ1) is 10.7. The van der Waals surface area contributed by atoms with Crippen LogP contribution in [0.3, 0.4) is 0 Å². The largest absolute Gasteiger partial charge is 0.504 e. The van der Waals surface area contributed by atoms with E-state index >= 15 is 0 Å². The second-order valence-electron chi connectivity index (χ2n) is 4.06. The van der Waals surface area contributed by atoms with E-state index in [0.29, 0.717) is 5.57 Å². The van der Waals surface area contributed by atoms with Crippen molar-refractivity contribution in [2.45, 2.75) is 27.2 Å². The number of aliphatic hydroxyl groups excluding tert-OH is 1. The molecule has 0 saturated carbocycles. The maximum atomic E-state index is 11.2. The number of allylic oxidation sites excluding steroid dienone is 4. The fourth-order valence-corrected chi connectivity index (χ4v) is 1.18. The number of carbonyl (C=O) groups excluding carboxylic acids is 2. The Balaban J connectivity index is 3.11. The zero-order valence-electron chi connectivity index (χ0n) is 8.63. The van der Waals surface area contributed by atoms with Crippen molar-refractivity contribution < 1.29 is 14.7 Å². The van der Waals surface area contributed by atoms with Crippen molar-refractivity contribution in [1.29, 1.82) is 0 Å². The topological polar surface area (TPSA) is 54.4 Å². The number of hydrogen-bond acceptors (Lipinski definition) is 3. The predicted octanol–water partition coefficient (Wildman–Crippen LogP) is 1.94. The van der Waals surface area contributed by atoms with E-state index in [4.69, 9.17) is 0 Å². The van der Waals surface area contributed by atoms with Gasteiger partial charge in [0.1, 0.15) is 0 Å². The highest BCUT2D eigenvalue weighted by Crippen LogP contribution is 2.32. The molecule has 1 aliphatic carbocycles. The van der Waals surface area contributed by atoms with Crippen LogP contribution in [0.4, 0.5) is 0 Å². The van der Waals surface area contributed by atoms with Crippen molar-refractivity contribution in [3.05, 3.63) is 23.5 Å². The summed E-state index contributed by atoms with van der Waals surface area (Å²) in [5.41, 5.74) is 0.520. The van der Waals surface area contributed by atoms with E-state index in [2.05, 4.69) is 0 Å². The first-order valence-corrected chi connectivity index (χ1v) is 4.60. The SMILES string of the molecule is CCC(C)(C)C1=CC(=O)C(=O)C(O)=C1. The van der Waals surface area contributed by atoms with Crippen LogP contribution in [0.5, 0.6) is 0 Å². The molecular weight excluding hydrogens is 180 g/mol. The molecule has 0 amide bonds. The number of hydrogen-bond donors (Lipinski definition) is 1. The molecule has 0 spiro atoms. The highest BCUT2D eigenvalue weighted by Gasteiger charge is 2.28. The fourth-order valence-electron chi connectivity index (χ4n) is 1.18. The third kappa shape index (κ3) is 1.76. The Bertz CT molecular complexity index is 346. The van der Waals surface area contributed by atoms with Crippen molar-refractivity contribution >= 4 is 11.6 Å². The molecule has 0 aromatic carbocycles. The Labute approximate surface area is 83.1 Å². The van der Waals surface area contributed by atoms with Gasteiger partial charge in [-0.05, 0) is 29.6 Å². The van der Waals surface area contributed by atoms with E-state index in [1.165, 1.54) is 12.2 Å². The van der Waals surface area contributed by atoms with E-state index in [1.54, 1.807) is 0 Å². The lowest BCUT2D eigenvalue weighted by Crippen LogP contribution is -2.23. The van der Waals surface area contributed by atoms with Crippen LogP contribution in [0.1, 0.15) is 27.2 Å². The summed E-state index contributed by atoms with van der Waals surface area (Å²) in [6.45, 7) is 5.92. The van der Waals surface area contributed by atoms with Crippen LogP contribution in [-0.4, -0.2) is 16.7 Å². The molecule has 3 heteroatoms. The van der Waals surface area contributed by atoms with E-state index in [-0.39, 0.29) is 5.41 Å². The number of Topliss-reactive ketones (excluding diaryl/α,β-unsaturated/α-hetero) is 1. The van der Waals surface area contributed by atoms with Gasteiger partial charge in [0.2, 0.25) is 5.78 Å². The van der Waals surface area contributed by atoms with Gasteiger partial charge in [-0.25, -0.2) is 0 Å². The number of ketones is 2. The Kier molecular flexibility index (Phi) is 2.60. The van der Waals surface area contributed by atoms with Gasteiger partial charge in [-0.1, -0.05) is 20.8 Å². The monoisotopic (exact) mass is 194 g/mol. The normalized spacial score (nSPS) is 17.9. The molecule has 0 saturated heterocycles. The highest BCUT2D eigenvalue weighted by atomic mass is 16.3. The third-order valence-corrected chi connectivity index (χ3v) is 2.70. The molecule has 0 bridgehead atoms. The lowest BCUT2D eigenvalue weighted by molar-refractivity contribution is -0.133. The lowest BCUT2D eigenvalue weighted by Gasteiger charge is -2.25. The van der Waals surface area contributed by atoms with Gasteiger partial charge in [-0.15, -0.1) is 0 Å². The number of rotatable bonds is 2. The second-order valence-corrected chi connectivity index (χ2v) is 4.06. The first-order chi connectivity index (χ1) is 6.38. The maximum absolute atomic E-state index is 11.2. The average Bonchev–Trinajstić information content (AvgIpc) is 2.13. The molecule has 14 heavy (non-hydrogen) atoms. The maximum Gasteiger partial charge on any atom is 0.267 e. The Morgan fingerprint density at radius 2 is 1.86 bits per heavy atom. The predicted molar refractivity (Wildman–Crippen MR) is 52.9 cm³/mol. The van der Waals surface area contributed by atoms with Crippen molar-refractivity contribution in [1.82, 2.24) is 0 Å². The van der Waals surface area contributed by atoms with Gasteiger partial charge in [-0.2, -0.15) is 0 Å². The Hall–Kier alpha value is -1.38. The molecule has 0 aromatic heterocycles. The third-order valence-electron chi connectivity index (χ3n) is 2.70. The minimum atomic E-state index is -0.819. The summed E-state index contributed by atoms with van der Waals surface area (Å²) in [5, 5.41) is 9.23. The highest BCUT2D eigenvalue weighted by molar-refractivity contribution is 6.47. The van der Waals surface area contributed by atoms with Crippen LogP contribution in [0.2, 0.25) is 0 Å². The van der Waals surface area contributed by atoms with Gasteiger partial charge in [0.25, 0.3) is 5.78 Å². The molecule has 0 atom stereocenters. The molecule has 1 rings (SSSR count). The molecule has 0 aromatic rings. The van der Waals surface area contributed by atoms with Gasteiger partial charge in [0.05, 0.1) is 0 Å². The van der Waals surface area contributed by atoms with Crippen molar-refractivity contribution in [3.8, 4) is 0 Å². The zero-order chi connectivity index (χ0) is 10.9. The second kappa shape index (κ2) is 3.40. The van der Waals surface area contributed by atoms with Gasteiger partial charge < -0.3 is 5.11 Å². The number of aliphatic hydroxyl groups is 1. The van der Waals surface area contributed by atoms with Crippen LogP contribution >= 0.6 is 0 Å². The minimum Gasteiger partial charge on any atom is -0.504 e. The van der Waals surface area contributed by atoms with Crippen molar-refractivity contribution in [2.75, 3.05) is 0 Å². The molecule has 0 aliphatic heterocycles. The van der Waals surface area contributed by atoms with E-state index < -0.39 is 17.3 Å². The number of carbonyl (C=O) groups is 2. The molecule has 0 radical (unpaired) electrons. The molecular formula is C11H14O3. The smallest absolute Gasteiger partial charge is 0.267 e. The van der Waals surface area contributed by atoms with Crippen molar-refractivity contribution in [2.24, 2.45) is 5.41 Å². The minimum absolute atomic E-state index is 0.190. The lowest BCUT2D eigenvalue weighted by atomic mass is 9.79. The van der Waals surface area contributed by atoms with E-state index in [0.717, 1.165) is 6.42 Å². The van der Waals surface area contributed by atoms with Gasteiger partial charge in [0, 0.05) is 0 Å². The summed E-state index contributed by atoms with van der Waals surface area (Å²) in [7, 11) is 0. The molecule has 1 N–H and O–H groups in total. The standard InChI is InChI=1S/C11H14O3/c1-4-11(2,3)7-5-8(12)10(14)9(13)6-7/h5-6,12H,4H2,1-3H3. The molecule has 76 valence electrons. The summed E-state index contributed by atoms with van der Waals surface area (Å²) in [5.74, 6) is -1.91. The molecule has 1 aliphatic rings. The molecule has 0 heterocycles. The summed E-state index contributed by atoms with van der Waals surface area (Å²) >= 11 is 0. The summed E-state index contributed by atoms with van der Waals surface area (Å²) in [4.78, 5) is 22.1. The Morgan fingerprint density at radius 3 is 2.29 bits per heavy atom. The van der Waals surface area contributed by atoms with Crippen LogP contribution in [0.25, 0.3) is 0 Å².